The first-order valence-corrected chi connectivity index (χ1v) is 8.02. The molecule has 1 fully saturated rings. The number of unbranched alkanes of at least 4 members (excludes halogenated alkanes) is 1. The summed E-state index contributed by atoms with van der Waals surface area (Å²) >= 11 is 0. The van der Waals surface area contributed by atoms with Crippen molar-refractivity contribution in [3.8, 4) is 0 Å². The second-order valence-electron chi connectivity index (χ2n) is 5.98. The average Bonchev–Trinajstić information content (AvgIpc) is 2.52. The molecule has 0 radical (unpaired) electrons. The Bertz CT molecular complexity index is 470. The van der Waals surface area contributed by atoms with Crippen molar-refractivity contribution < 1.29 is 14.7 Å². The third kappa shape index (κ3) is 5.00. The van der Waals surface area contributed by atoms with E-state index in [1.165, 1.54) is 37.7 Å². The molecule has 1 aliphatic rings. The molecule has 21 heavy (non-hydrogen) atoms. The van der Waals surface area contributed by atoms with E-state index in [-0.39, 0.29) is 12.2 Å². The van der Waals surface area contributed by atoms with Gasteiger partial charge >= 0.3 is 5.97 Å². The molecule has 114 valence electrons. The molecular weight excluding hydrogens is 264 g/mol. The van der Waals surface area contributed by atoms with Crippen LogP contribution in [0.4, 0.5) is 0 Å². The Labute approximate surface area is 126 Å². The maximum atomic E-state index is 12.0. The highest BCUT2D eigenvalue weighted by Crippen LogP contribution is 2.32. The number of hydrogen-bond donors (Lipinski definition) is 1. The molecule has 0 aliphatic heterocycles. The van der Waals surface area contributed by atoms with E-state index in [1.807, 2.05) is 12.1 Å². The molecule has 0 atom stereocenters. The zero-order valence-electron chi connectivity index (χ0n) is 12.5. The van der Waals surface area contributed by atoms with E-state index in [1.54, 1.807) is 0 Å². The first kappa shape index (κ1) is 15.7. The molecule has 1 aliphatic carbocycles. The van der Waals surface area contributed by atoms with Gasteiger partial charge in [-0.3, -0.25) is 9.59 Å². The zero-order chi connectivity index (χ0) is 15.1. The fraction of sp³-hybridized carbons (Fsp3) is 0.556. The van der Waals surface area contributed by atoms with Gasteiger partial charge in [0.2, 0.25) is 0 Å². The van der Waals surface area contributed by atoms with Crippen molar-refractivity contribution in [2.24, 2.45) is 0 Å². The van der Waals surface area contributed by atoms with Crippen molar-refractivity contribution in [3.63, 3.8) is 0 Å². The Morgan fingerprint density at radius 1 is 0.952 bits per heavy atom. The van der Waals surface area contributed by atoms with E-state index >= 15 is 0 Å². The fourth-order valence-electron chi connectivity index (χ4n) is 3.08. The van der Waals surface area contributed by atoms with Crippen LogP contribution in [0.2, 0.25) is 0 Å². The minimum absolute atomic E-state index is 0.121. The van der Waals surface area contributed by atoms with Crippen LogP contribution >= 0.6 is 0 Å². The largest absolute Gasteiger partial charge is 0.481 e. The van der Waals surface area contributed by atoms with Crippen LogP contribution in [-0.2, 0) is 4.79 Å². The number of hydrogen-bond acceptors (Lipinski definition) is 2. The lowest BCUT2D eigenvalue weighted by Gasteiger charge is -2.22. The molecular formula is C18H24O3. The molecule has 0 saturated heterocycles. The molecule has 0 amide bonds. The number of carboxylic acid groups (broad SMARTS) is 1. The first-order valence-electron chi connectivity index (χ1n) is 8.02. The standard InChI is InChI=1S/C18H24O3/c19-17(8-4-5-9-18(20)21)16-12-10-15(11-13-16)14-6-2-1-3-7-14/h10-14H,1-9H2,(H,20,21). The van der Waals surface area contributed by atoms with Crippen molar-refractivity contribution in [3.05, 3.63) is 35.4 Å². The van der Waals surface area contributed by atoms with Gasteiger partial charge in [-0.05, 0) is 37.2 Å². The summed E-state index contributed by atoms with van der Waals surface area (Å²) < 4.78 is 0. The molecule has 3 nitrogen and oxygen atoms in total. The lowest BCUT2D eigenvalue weighted by molar-refractivity contribution is -0.137. The van der Waals surface area contributed by atoms with E-state index in [4.69, 9.17) is 5.11 Å². The normalized spacial score (nSPS) is 15.8. The zero-order valence-corrected chi connectivity index (χ0v) is 12.5. The van der Waals surface area contributed by atoms with Crippen LogP contribution < -0.4 is 0 Å². The summed E-state index contributed by atoms with van der Waals surface area (Å²) in [6, 6.07) is 8.06. The van der Waals surface area contributed by atoms with Crippen LogP contribution in [0, 0.1) is 0 Å². The molecule has 1 aromatic rings. The van der Waals surface area contributed by atoms with Gasteiger partial charge in [-0.1, -0.05) is 43.5 Å². The van der Waals surface area contributed by atoms with Gasteiger partial charge in [-0.2, -0.15) is 0 Å². The number of Topliss-reactive ketones (excluding diaryl/α,β-unsaturated/α-hetero) is 1. The Hall–Kier alpha value is -1.64. The van der Waals surface area contributed by atoms with Crippen molar-refractivity contribution in [2.75, 3.05) is 0 Å². The van der Waals surface area contributed by atoms with Gasteiger partial charge in [0.25, 0.3) is 0 Å². The fourth-order valence-corrected chi connectivity index (χ4v) is 3.08. The molecule has 0 unspecified atom stereocenters. The Morgan fingerprint density at radius 2 is 1.57 bits per heavy atom. The van der Waals surface area contributed by atoms with Gasteiger partial charge in [-0.25, -0.2) is 0 Å². The molecule has 1 N–H and O–H groups in total. The van der Waals surface area contributed by atoms with E-state index in [2.05, 4.69) is 12.1 Å². The maximum absolute atomic E-state index is 12.0. The highest BCUT2D eigenvalue weighted by molar-refractivity contribution is 5.96. The average molecular weight is 288 g/mol. The minimum atomic E-state index is -0.792. The summed E-state index contributed by atoms with van der Waals surface area (Å²) in [7, 11) is 0. The van der Waals surface area contributed by atoms with Crippen molar-refractivity contribution >= 4 is 11.8 Å². The monoisotopic (exact) mass is 288 g/mol. The highest BCUT2D eigenvalue weighted by Gasteiger charge is 2.15. The van der Waals surface area contributed by atoms with Crippen molar-refractivity contribution in [1.29, 1.82) is 0 Å². The topological polar surface area (TPSA) is 54.4 Å². The number of ketones is 1. The van der Waals surface area contributed by atoms with Crippen LogP contribution in [-0.4, -0.2) is 16.9 Å². The van der Waals surface area contributed by atoms with E-state index < -0.39 is 5.97 Å². The third-order valence-corrected chi connectivity index (χ3v) is 4.35. The molecule has 1 aromatic carbocycles. The van der Waals surface area contributed by atoms with Crippen LogP contribution in [0.1, 0.15) is 79.6 Å². The molecule has 0 aromatic heterocycles. The predicted octanol–water partition coefficient (Wildman–Crippen LogP) is 4.56. The Balaban J connectivity index is 1.83. The third-order valence-electron chi connectivity index (χ3n) is 4.35. The summed E-state index contributed by atoms with van der Waals surface area (Å²) in [6.45, 7) is 0. The van der Waals surface area contributed by atoms with Gasteiger partial charge in [0.05, 0.1) is 0 Å². The lowest BCUT2D eigenvalue weighted by atomic mass is 9.84. The van der Waals surface area contributed by atoms with E-state index in [0.29, 0.717) is 25.2 Å². The summed E-state index contributed by atoms with van der Waals surface area (Å²) in [5, 5.41) is 8.57. The molecule has 0 bridgehead atoms. The highest BCUT2D eigenvalue weighted by atomic mass is 16.4. The van der Waals surface area contributed by atoms with Gasteiger partial charge < -0.3 is 5.11 Å². The number of carbonyl (C=O) groups is 2. The van der Waals surface area contributed by atoms with E-state index in [9.17, 15) is 9.59 Å². The molecule has 0 spiro atoms. The van der Waals surface area contributed by atoms with Crippen molar-refractivity contribution in [2.45, 2.75) is 63.7 Å². The van der Waals surface area contributed by atoms with Crippen LogP contribution in [0.5, 0.6) is 0 Å². The minimum Gasteiger partial charge on any atom is -0.481 e. The van der Waals surface area contributed by atoms with Gasteiger partial charge in [0.1, 0.15) is 0 Å². The summed E-state index contributed by atoms with van der Waals surface area (Å²) in [6.07, 6.45) is 8.32. The Kier molecular flexibility index (Phi) is 5.97. The number of aliphatic carboxylic acids is 1. The first-order chi connectivity index (χ1) is 10.2. The number of rotatable bonds is 7. The van der Waals surface area contributed by atoms with Crippen molar-refractivity contribution in [1.82, 2.24) is 0 Å². The predicted molar refractivity (Wildman–Crippen MR) is 82.7 cm³/mol. The smallest absolute Gasteiger partial charge is 0.303 e. The van der Waals surface area contributed by atoms with Gasteiger partial charge in [0.15, 0.2) is 5.78 Å². The maximum Gasteiger partial charge on any atom is 0.303 e. The number of benzene rings is 1. The SMILES string of the molecule is O=C(O)CCCCC(=O)c1ccc(C2CCCCC2)cc1. The second-order valence-corrected chi connectivity index (χ2v) is 5.98. The van der Waals surface area contributed by atoms with E-state index in [0.717, 1.165) is 5.56 Å². The van der Waals surface area contributed by atoms with Gasteiger partial charge in [-0.15, -0.1) is 0 Å². The molecule has 1 saturated carbocycles. The van der Waals surface area contributed by atoms with Crippen LogP contribution in [0.25, 0.3) is 0 Å². The lowest BCUT2D eigenvalue weighted by Crippen LogP contribution is -2.05. The molecule has 0 heterocycles. The molecule has 2 rings (SSSR count). The van der Waals surface area contributed by atoms with Gasteiger partial charge in [0, 0.05) is 18.4 Å². The number of carboxylic acids is 1. The summed E-state index contributed by atoms with van der Waals surface area (Å²) in [5.74, 6) is -0.00617. The van der Waals surface area contributed by atoms with Crippen LogP contribution in [0.3, 0.4) is 0 Å². The quantitative estimate of drug-likeness (QED) is 0.591. The number of carbonyl (C=O) groups excluding carboxylic acids is 1. The summed E-state index contributed by atoms with van der Waals surface area (Å²) in [5.41, 5.74) is 2.11. The summed E-state index contributed by atoms with van der Waals surface area (Å²) in [4.78, 5) is 22.4. The second kappa shape index (κ2) is 7.96. The van der Waals surface area contributed by atoms with Crippen LogP contribution in [0.15, 0.2) is 24.3 Å². The Morgan fingerprint density at radius 3 is 2.19 bits per heavy atom. The molecule has 3 heteroatoms.